The topological polar surface area (TPSA) is 80.0 Å². The van der Waals surface area contributed by atoms with Crippen LogP contribution >= 0.6 is 0 Å². The number of nitrogens with one attached hydrogen (secondary N) is 2. The Bertz CT molecular complexity index is 1200. The minimum Gasteiger partial charge on any atom is -0.441 e. The maximum absolute atomic E-state index is 14.2. The summed E-state index contributed by atoms with van der Waals surface area (Å²) in [6.07, 6.45) is 0. The lowest BCUT2D eigenvalue weighted by molar-refractivity contribution is 0.262. The molecule has 0 fully saturated rings. The molecule has 2 aromatic carbocycles. The Hall–Kier alpha value is -3.55. The lowest BCUT2D eigenvalue weighted by Gasteiger charge is -2.12. The molecule has 0 spiro atoms. The van der Waals surface area contributed by atoms with Crippen LogP contribution in [0.25, 0.3) is 22.0 Å². The molecular weight excluding hydrogens is 354 g/mol. The summed E-state index contributed by atoms with van der Waals surface area (Å²) in [7, 11) is 0. The molecule has 6 nitrogen and oxygen atoms in total. The van der Waals surface area contributed by atoms with Crippen LogP contribution < -0.4 is 10.6 Å². The molecule has 0 bridgehead atoms. The molecule has 136 valence electrons. The van der Waals surface area contributed by atoms with Crippen molar-refractivity contribution >= 4 is 39.4 Å². The summed E-state index contributed by atoms with van der Waals surface area (Å²) in [6.45, 7) is 3.42. The van der Waals surface area contributed by atoms with E-state index in [9.17, 15) is 13.6 Å². The Morgan fingerprint density at radius 3 is 2.59 bits per heavy atom. The zero-order valence-electron chi connectivity index (χ0n) is 14.4. The highest BCUT2D eigenvalue weighted by molar-refractivity contribution is 6.06. The number of nitrogens with zero attached hydrogens (tertiary/aromatic N) is 2. The van der Waals surface area contributed by atoms with Crippen molar-refractivity contribution in [2.75, 3.05) is 10.6 Å². The van der Waals surface area contributed by atoms with Gasteiger partial charge in [0.15, 0.2) is 23.1 Å². The first-order chi connectivity index (χ1) is 12.9. The van der Waals surface area contributed by atoms with Crippen LogP contribution in [0, 0.1) is 25.5 Å². The van der Waals surface area contributed by atoms with Gasteiger partial charge in [-0.05, 0) is 37.3 Å². The average molecular weight is 368 g/mol. The number of oxazole rings is 1. The number of urea groups is 1. The number of rotatable bonds is 2. The Morgan fingerprint density at radius 1 is 1.00 bits per heavy atom. The number of aryl methyl sites for hydroxylation is 2. The third kappa shape index (κ3) is 3.17. The number of anilines is 2. The van der Waals surface area contributed by atoms with Crippen LogP contribution in [-0.2, 0) is 0 Å². The summed E-state index contributed by atoms with van der Waals surface area (Å²) in [5.41, 5.74) is 2.61. The van der Waals surface area contributed by atoms with Crippen molar-refractivity contribution in [3.8, 4) is 0 Å². The van der Waals surface area contributed by atoms with Crippen LogP contribution in [0.3, 0.4) is 0 Å². The van der Waals surface area contributed by atoms with Crippen molar-refractivity contribution in [2.24, 2.45) is 0 Å². The highest BCUT2D eigenvalue weighted by atomic mass is 19.2. The second-order valence-electron chi connectivity index (χ2n) is 6.06. The van der Waals surface area contributed by atoms with E-state index in [2.05, 4.69) is 20.6 Å². The molecule has 4 aromatic rings. The van der Waals surface area contributed by atoms with Crippen molar-refractivity contribution in [1.29, 1.82) is 0 Å². The molecule has 2 aromatic heterocycles. The van der Waals surface area contributed by atoms with Crippen LogP contribution in [0.15, 0.2) is 40.8 Å². The van der Waals surface area contributed by atoms with Crippen LogP contribution in [0.4, 0.5) is 25.0 Å². The monoisotopic (exact) mass is 368 g/mol. The Kier molecular flexibility index (Phi) is 3.95. The summed E-state index contributed by atoms with van der Waals surface area (Å²) in [4.78, 5) is 20.7. The Balaban J connectivity index is 1.64. The lowest BCUT2D eigenvalue weighted by atomic mass is 10.1. The number of pyridine rings is 1. The Morgan fingerprint density at radius 2 is 1.78 bits per heavy atom. The molecule has 0 atom stereocenters. The number of hydrogen-bond acceptors (Lipinski definition) is 4. The van der Waals surface area contributed by atoms with Gasteiger partial charge >= 0.3 is 6.03 Å². The van der Waals surface area contributed by atoms with Crippen molar-refractivity contribution in [1.82, 2.24) is 9.97 Å². The molecule has 4 rings (SSSR count). The molecular formula is C19H14F2N4O2. The summed E-state index contributed by atoms with van der Waals surface area (Å²) in [5.74, 6) is -1.56. The fraction of sp³-hybridized carbons (Fsp3) is 0.105. The molecule has 8 heteroatoms. The van der Waals surface area contributed by atoms with Gasteiger partial charge < -0.3 is 15.1 Å². The van der Waals surface area contributed by atoms with Gasteiger partial charge in [0.25, 0.3) is 0 Å². The number of aromatic nitrogens is 2. The number of carbonyl (C=O) groups excluding carboxylic acids is 1. The van der Waals surface area contributed by atoms with Gasteiger partial charge in [-0.3, -0.25) is 4.98 Å². The predicted molar refractivity (Wildman–Crippen MR) is 97.8 cm³/mol. The highest BCUT2D eigenvalue weighted by Crippen LogP contribution is 2.28. The predicted octanol–water partition coefficient (Wildman–Crippen LogP) is 4.92. The normalized spacial score (nSPS) is 11.1. The standard InChI is InChI=1S/C19H14F2N4O2/c1-9-7-15(17-14(22-9)6-4-12(20)18(17)21)25-19(26)24-11-3-5-13-16(8-11)27-10(2)23-13/h3-8H,1-2H3,(H2,22,24,25,26). The lowest BCUT2D eigenvalue weighted by Crippen LogP contribution is -2.20. The van der Waals surface area contributed by atoms with Gasteiger partial charge in [-0.1, -0.05) is 0 Å². The molecule has 27 heavy (non-hydrogen) atoms. The second kappa shape index (κ2) is 6.31. The quantitative estimate of drug-likeness (QED) is 0.527. The van der Waals surface area contributed by atoms with E-state index in [1.807, 2.05) is 0 Å². The van der Waals surface area contributed by atoms with E-state index in [1.54, 1.807) is 32.0 Å². The summed E-state index contributed by atoms with van der Waals surface area (Å²) in [5, 5.41) is 5.10. The largest absolute Gasteiger partial charge is 0.441 e. The van der Waals surface area contributed by atoms with Crippen molar-refractivity contribution in [3.63, 3.8) is 0 Å². The first-order valence-electron chi connectivity index (χ1n) is 8.11. The number of amides is 2. The van der Waals surface area contributed by atoms with Gasteiger partial charge in [-0.15, -0.1) is 0 Å². The minimum atomic E-state index is -1.06. The Labute approximate surface area is 152 Å². The molecule has 0 aliphatic carbocycles. The third-order valence-electron chi connectivity index (χ3n) is 3.99. The van der Waals surface area contributed by atoms with Gasteiger partial charge in [0, 0.05) is 24.4 Å². The molecule has 2 heterocycles. The van der Waals surface area contributed by atoms with Gasteiger partial charge in [0.2, 0.25) is 0 Å². The van der Waals surface area contributed by atoms with E-state index in [-0.39, 0.29) is 16.6 Å². The maximum Gasteiger partial charge on any atom is 0.323 e. The number of benzene rings is 2. The highest BCUT2D eigenvalue weighted by Gasteiger charge is 2.15. The maximum atomic E-state index is 14.2. The van der Waals surface area contributed by atoms with E-state index < -0.39 is 17.7 Å². The zero-order valence-corrected chi connectivity index (χ0v) is 14.4. The molecule has 0 radical (unpaired) electrons. The average Bonchev–Trinajstić information content (AvgIpc) is 2.97. The van der Waals surface area contributed by atoms with Crippen LogP contribution in [0.5, 0.6) is 0 Å². The van der Waals surface area contributed by atoms with Crippen molar-refractivity contribution in [2.45, 2.75) is 13.8 Å². The molecule has 0 aliphatic heterocycles. The van der Waals surface area contributed by atoms with Crippen LogP contribution in [-0.4, -0.2) is 16.0 Å². The van der Waals surface area contributed by atoms with E-state index in [0.717, 1.165) is 6.07 Å². The van der Waals surface area contributed by atoms with Crippen molar-refractivity contribution in [3.05, 3.63) is 59.6 Å². The summed E-state index contributed by atoms with van der Waals surface area (Å²) < 4.78 is 33.3. The molecule has 0 aliphatic rings. The van der Waals surface area contributed by atoms with E-state index in [4.69, 9.17) is 4.42 Å². The van der Waals surface area contributed by atoms with Crippen LogP contribution in [0.2, 0.25) is 0 Å². The van der Waals surface area contributed by atoms with E-state index >= 15 is 0 Å². The van der Waals surface area contributed by atoms with Crippen LogP contribution in [0.1, 0.15) is 11.6 Å². The van der Waals surface area contributed by atoms with Gasteiger partial charge in [0.05, 0.1) is 16.6 Å². The van der Waals surface area contributed by atoms with E-state index in [0.29, 0.717) is 28.4 Å². The van der Waals surface area contributed by atoms with Gasteiger partial charge in [-0.25, -0.2) is 18.6 Å². The number of hydrogen-bond donors (Lipinski definition) is 2. The zero-order chi connectivity index (χ0) is 19.1. The first kappa shape index (κ1) is 16.9. The number of fused-ring (bicyclic) bond motifs is 2. The molecule has 0 unspecified atom stereocenters. The second-order valence-corrected chi connectivity index (χ2v) is 6.06. The van der Waals surface area contributed by atoms with Crippen molar-refractivity contribution < 1.29 is 18.0 Å². The van der Waals surface area contributed by atoms with E-state index in [1.165, 1.54) is 12.1 Å². The molecule has 0 saturated carbocycles. The number of carbonyl (C=O) groups is 1. The van der Waals surface area contributed by atoms with Gasteiger partial charge in [-0.2, -0.15) is 0 Å². The smallest absolute Gasteiger partial charge is 0.323 e. The fourth-order valence-electron chi connectivity index (χ4n) is 2.89. The fourth-order valence-corrected chi connectivity index (χ4v) is 2.89. The third-order valence-corrected chi connectivity index (χ3v) is 3.99. The SMILES string of the molecule is Cc1cc(NC(=O)Nc2ccc3nc(C)oc3c2)c2c(F)c(F)ccc2n1. The summed E-state index contributed by atoms with van der Waals surface area (Å²) >= 11 is 0. The molecule has 2 amide bonds. The number of halogens is 2. The van der Waals surface area contributed by atoms with Gasteiger partial charge in [0.1, 0.15) is 5.52 Å². The summed E-state index contributed by atoms with van der Waals surface area (Å²) in [6, 6.07) is 8.24. The first-order valence-corrected chi connectivity index (χ1v) is 8.11. The molecule has 2 N–H and O–H groups in total. The minimum absolute atomic E-state index is 0.0861. The molecule has 0 saturated heterocycles.